The quantitative estimate of drug-likeness (QED) is 0.254. The first kappa shape index (κ1) is 21.4. The van der Waals surface area contributed by atoms with Crippen molar-refractivity contribution in [2.24, 2.45) is 4.99 Å². The van der Waals surface area contributed by atoms with Crippen molar-refractivity contribution in [3.8, 4) is 22.8 Å². The monoisotopic (exact) mass is 517 g/mol. The molecular formula is C31H19N9. The first-order valence-electron chi connectivity index (χ1n) is 13.1. The van der Waals surface area contributed by atoms with Gasteiger partial charge in [0.05, 0.1) is 5.92 Å². The molecule has 3 aromatic carbocycles. The van der Waals surface area contributed by atoms with Crippen LogP contribution in [0.3, 0.4) is 0 Å². The number of rotatable bonds is 0. The minimum absolute atomic E-state index is 0.116. The predicted molar refractivity (Wildman–Crippen MR) is 155 cm³/mol. The largest absolute Gasteiger partial charge is 0.324 e. The van der Waals surface area contributed by atoms with E-state index in [-0.39, 0.29) is 12.0 Å². The summed E-state index contributed by atoms with van der Waals surface area (Å²) in [5, 5.41) is 3.81. The molecule has 188 valence electrons. The van der Waals surface area contributed by atoms with E-state index in [1.165, 1.54) is 0 Å². The fraction of sp³-hybridized carbons (Fsp3) is 0.0645. The zero-order valence-electron chi connectivity index (χ0n) is 20.9. The molecule has 0 fully saturated rings. The Bertz CT molecular complexity index is 2100. The molecule has 0 saturated carbocycles. The lowest BCUT2D eigenvalue weighted by Crippen LogP contribution is -2.06. The van der Waals surface area contributed by atoms with Gasteiger partial charge in [-0.1, -0.05) is 78.9 Å². The number of benzene rings is 3. The highest BCUT2D eigenvalue weighted by Crippen LogP contribution is 2.39. The number of allylic oxidation sites excluding steroid dienone is 1. The number of dihydropyridines is 1. The van der Waals surface area contributed by atoms with Gasteiger partial charge in [0.2, 0.25) is 0 Å². The minimum atomic E-state index is -0.255. The van der Waals surface area contributed by atoms with Gasteiger partial charge in [0.25, 0.3) is 0 Å². The molecule has 6 heterocycles. The highest BCUT2D eigenvalue weighted by atomic mass is 15.1. The van der Waals surface area contributed by atoms with Crippen LogP contribution in [0.15, 0.2) is 89.9 Å². The van der Waals surface area contributed by atoms with Crippen molar-refractivity contribution >= 4 is 50.3 Å². The van der Waals surface area contributed by atoms with Crippen LogP contribution in [-0.4, -0.2) is 46.1 Å². The maximum absolute atomic E-state index is 5.03. The van der Waals surface area contributed by atoms with Crippen molar-refractivity contribution in [3.05, 3.63) is 96.6 Å². The van der Waals surface area contributed by atoms with E-state index in [2.05, 4.69) is 16.0 Å². The van der Waals surface area contributed by atoms with E-state index in [1.54, 1.807) is 6.21 Å². The molecule has 2 unspecified atom stereocenters. The Balaban J connectivity index is 1.49. The third-order valence-corrected chi connectivity index (χ3v) is 7.64. The topological polar surface area (TPSA) is 121 Å². The fourth-order valence-electron chi connectivity index (χ4n) is 5.76. The van der Waals surface area contributed by atoms with E-state index in [9.17, 15) is 0 Å². The van der Waals surface area contributed by atoms with Crippen molar-refractivity contribution in [1.29, 1.82) is 0 Å². The summed E-state index contributed by atoms with van der Waals surface area (Å²) in [4.78, 5) is 41.5. The summed E-state index contributed by atoms with van der Waals surface area (Å²) in [5.41, 5.74) is 4.59. The van der Waals surface area contributed by atoms with Crippen molar-refractivity contribution in [2.45, 2.75) is 12.0 Å². The molecule has 0 saturated heterocycles. The van der Waals surface area contributed by atoms with Crippen molar-refractivity contribution in [2.75, 3.05) is 0 Å². The molecule has 3 aliphatic heterocycles. The molecule has 40 heavy (non-hydrogen) atoms. The maximum Gasteiger partial charge on any atom is 0.164 e. The summed E-state index contributed by atoms with van der Waals surface area (Å²) in [5.74, 6) is 2.34. The Morgan fingerprint density at radius 1 is 0.500 bits per heavy atom. The van der Waals surface area contributed by atoms with Crippen molar-refractivity contribution in [3.63, 3.8) is 0 Å². The van der Waals surface area contributed by atoms with Gasteiger partial charge in [0.1, 0.15) is 34.5 Å². The second-order valence-electron chi connectivity index (χ2n) is 9.97. The molecule has 9 nitrogen and oxygen atoms in total. The van der Waals surface area contributed by atoms with Crippen LogP contribution in [0.2, 0.25) is 0 Å². The highest BCUT2D eigenvalue weighted by Gasteiger charge is 2.33. The number of hydrogen-bond donors (Lipinski definition) is 2. The smallest absolute Gasteiger partial charge is 0.164 e. The molecule has 0 spiro atoms. The van der Waals surface area contributed by atoms with E-state index < -0.39 is 0 Å². The lowest BCUT2D eigenvalue weighted by Gasteiger charge is -2.12. The van der Waals surface area contributed by atoms with Gasteiger partial charge < -0.3 is 9.97 Å². The third-order valence-electron chi connectivity index (χ3n) is 7.64. The van der Waals surface area contributed by atoms with Crippen LogP contribution < -0.4 is 0 Å². The second kappa shape index (κ2) is 7.97. The van der Waals surface area contributed by atoms with Gasteiger partial charge >= 0.3 is 0 Å². The van der Waals surface area contributed by atoms with Gasteiger partial charge in [0, 0.05) is 38.9 Å². The lowest BCUT2D eigenvalue weighted by atomic mass is 9.99. The Kier molecular flexibility index (Phi) is 4.26. The van der Waals surface area contributed by atoms with Gasteiger partial charge in [-0.25, -0.2) is 29.9 Å². The average Bonchev–Trinajstić information content (AvgIpc) is 3.73. The zero-order valence-corrected chi connectivity index (χ0v) is 20.9. The van der Waals surface area contributed by atoms with E-state index in [4.69, 9.17) is 34.9 Å². The Hall–Kier alpha value is -5.57. The molecule has 0 aliphatic carbocycles. The van der Waals surface area contributed by atoms with Gasteiger partial charge in [-0.05, 0) is 6.08 Å². The normalized spacial score (nSPS) is 17.3. The molecule has 0 amide bonds. The summed E-state index contributed by atoms with van der Waals surface area (Å²) in [6.45, 7) is 0. The van der Waals surface area contributed by atoms with Crippen LogP contribution in [0.1, 0.15) is 23.6 Å². The third kappa shape index (κ3) is 3.05. The van der Waals surface area contributed by atoms with E-state index in [0.717, 1.165) is 32.7 Å². The average molecular weight is 518 g/mol. The Labute approximate surface area is 226 Å². The molecule has 6 aromatic rings. The van der Waals surface area contributed by atoms with Crippen LogP contribution in [0.4, 0.5) is 0 Å². The summed E-state index contributed by atoms with van der Waals surface area (Å²) in [6, 6.07) is 23.9. The first-order valence-corrected chi connectivity index (χ1v) is 13.1. The lowest BCUT2D eigenvalue weighted by molar-refractivity contribution is 0.652. The molecule has 3 aliphatic rings. The maximum atomic E-state index is 5.03. The molecule has 2 atom stereocenters. The number of fused-ring (bicyclic) bond motifs is 20. The summed E-state index contributed by atoms with van der Waals surface area (Å²) < 4.78 is 0. The molecule has 3 aromatic heterocycles. The molecule has 8 bridgehead atoms. The van der Waals surface area contributed by atoms with Crippen molar-refractivity contribution in [1.82, 2.24) is 39.9 Å². The minimum Gasteiger partial charge on any atom is -0.324 e. The van der Waals surface area contributed by atoms with Gasteiger partial charge in [-0.15, -0.1) is 0 Å². The number of nitrogens with zero attached hydrogens (tertiary/aromatic N) is 7. The van der Waals surface area contributed by atoms with Crippen LogP contribution in [0.25, 0.3) is 66.9 Å². The second-order valence-corrected chi connectivity index (χ2v) is 9.97. The first-order chi connectivity index (χ1) is 19.8. The fourth-order valence-corrected chi connectivity index (χ4v) is 5.76. The van der Waals surface area contributed by atoms with Crippen molar-refractivity contribution < 1.29 is 0 Å². The molecule has 2 N–H and O–H groups in total. The van der Waals surface area contributed by atoms with Crippen LogP contribution >= 0.6 is 0 Å². The van der Waals surface area contributed by atoms with Gasteiger partial charge in [-0.2, -0.15) is 0 Å². The summed E-state index contributed by atoms with van der Waals surface area (Å²) in [7, 11) is 0. The summed E-state index contributed by atoms with van der Waals surface area (Å²) >= 11 is 0. The SMILES string of the molecule is C1=CC2c3nc(nc4[nH]c(nc5nc(nc6[nH]c(n3)c3ccccc63)-c3ccccc3-5)c3ccccc43)C2N=C1. The van der Waals surface area contributed by atoms with E-state index in [1.807, 2.05) is 78.9 Å². The number of aliphatic imine (C=N–C) groups is 1. The standard InChI is InChI=1S/C31H19N9/c1-2-9-17-16(8-1)24-33-25(17)35-27-20-12-5-6-13-21(20)29(37-27)39-31-23-22(14-7-15-32-23)30(40-31)38-28-19-11-4-3-10-18(19)26(34-24)36-28/h1-15,22-23H,(H2,33,34,35,36,37,38,39,40). The summed E-state index contributed by atoms with van der Waals surface area (Å²) in [6.07, 6.45) is 5.83. The molecule has 9 rings (SSSR count). The number of nitrogens with one attached hydrogen (secondary N) is 2. The Morgan fingerprint density at radius 2 is 1.00 bits per heavy atom. The molecule has 9 heteroatoms. The number of hydrogen-bond acceptors (Lipinski definition) is 7. The zero-order chi connectivity index (χ0) is 26.2. The van der Waals surface area contributed by atoms with Gasteiger partial charge in [-0.3, -0.25) is 4.99 Å². The molecule has 0 radical (unpaired) electrons. The number of aromatic amines is 2. The van der Waals surface area contributed by atoms with E-state index in [0.29, 0.717) is 45.9 Å². The van der Waals surface area contributed by atoms with Crippen LogP contribution in [0, 0.1) is 0 Å². The number of H-pyrrole nitrogens is 2. The van der Waals surface area contributed by atoms with Crippen LogP contribution in [-0.2, 0) is 0 Å². The van der Waals surface area contributed by atoms with Gasteiger partial charge in [0.15, 0.2) is 17.5 Å². The highest BCUT2D eigenvalue weighted by molar-refractivity contribution is 6.05. The van der Waals surface area contributed by atoms with Crippen LogP contribution in [0.5, 0.6) is 0 Å². The predicted octanol–water partition coefficient (Wildman–Crippen LogP) is 6.00. The Morgan fingerprint density at radius 3 is 1.57 bits per heavy atom. The van der Waals surface area contributed by atoms with E-state index >= 15 is 0 Å². The number of aromatic nitrogens is 8. The molecular weight excluding hydrogens is 498 g/mol.